The Morgan fingerprint density at radius 3 is 2.53 bits per heavy atom. The van der Waals surface area contributed by atoms with Crippen LogP contribution in [0.5, 0.6) is 0 Å². The standard InChI is InChI=1S/C13H21N3O/c14-11-8-4-7-10(11)13-15-12(16-17-13)9-5-2-1-3-6-9/h9-11H,1-8,14H2. The molecular weight excluding hydrogens is 214 g/mol. The van der Waals surface area contributed by atoms with Crippen molar-refractivity contribution in [1.82, 2.24) is 10.1 Å². The smallest absolute Gasteiger partial charge is 0.231 e. The Balaban J connectivity index is 1.73. The summed E-state index contributed by atoms with van der Waals surface area (Å²) in [5.74, 6) is 2.55. The van der Waals surface area contributed by atoms with Gasteiger partial charge in [-0.1, -0.05) is 30.8 Å². The first-order valence-corrected chi connectivity index (χ1v) is 6.93. The lowest BCUT2D eigenvalue weighted by Gasteiger charge is -2.17. The van der Waals surface area contributed by atoms with Crippen molar-refractivity contribution in [3.05, 3.63) is 11.7 Å². The van der Waals surface area contributed by atoms with E-state index >= 15 is 0 Å². The van der Waals surface area contributed by atoms with Crippen LogP contribution in [-0.4, -0.2) is 16.2 Å². The summed E-state index contributed by atoms with van der Waals surface area (Å²) in [5, 5.41) is 4.18. The van der Waals surface area contributed by atoms with Gasteiger partial charge in [0.1, 0.15) is 0 Å². The molecule has 2 aliphatic carbocycles. The van der Waals surface area contributed by atoms with Crippen LogP contribution >= 0.6 is 0 Å². The van der Waals surface area contributed by atoms with Crippen molar-refractivity contribution in [2.75, 3.05) is 0 Å². The molecule has 0 amide bonds. The Morgan fingerprint density at radius 2 is 1.82 bits per heavy atom. The summed E-state index contributed by atoms with van der Waals surface area (Å²) >= 11 is 0. The molecule has 2 unspecified atom stereocenters. The molecule has 1 heterocycles. The topological polar surface area (TPSA) is 64.9 Å². The van der Waals surface area contributed by atoms with Gasteiger partial charge in [0, 0.05) is 12.0 Å². The lowest BCUT2D eigenvalue weighted by atomic mass is 9.89. The van der Waals surface area contributed by atoms with Crippen molar-refractivity contribution < 1.29 is 4.52 Å². The largest absolute Gasteiger partial charge is 0.339 e. The zero-order chi connectivity index (χ0) is 11.7. The average molecular weight is 235 g/mol. The molecule has 3 rings (SSSR count). The van der Waals surface area contributed by atoms with Gasteiger partial charge in [0.05, 0.1) is 5.92 Å². The van der Waals surface area contributed by atoms with Crippen LogP contribution < -0.4 is 5.73 Å². The summed E-state index contributed by atoms with van der Waals surface area (Å²) in [5.41, 5.74) is 6.07. The first-order chi connectivity index (χ1) is 8.34. The molecule has 2 N–H and O–H groups in total. The fourth-order valence-electron chi connectivity index (χ4n) is 3.22. The van der Waals surface area contributed by atoms with Crippen LogP contribution in [0.3, 0.4) is 0 Å². The predicted molar refractivity (Wildman–Crippen MR) is 64.7 cm³/mol. The lowest BCUT2D eigenvalue weighted by molar-refractivity contribution is 0.334. The molecular formula is C13H21N3O. The molecule has 0 saturated heterocycles. The highest BCUT2D eigenvalue weighted by molar-refractivity contribution is 5.04. The van der Waals surface area contributed by atoms with Crippen LogP contribution in [0.25, 0.3) is 0 Å². The second kappa shape index (κ2) is 4.77. The summed E-state index contributed by atoms with van der Waals surface area (Å²) < 4.78 is 5.43. The highest BCUT2D eigenvalue weighted by atomic mass is 16.5. The van der Waals surface area contributed by atoms with Crippen LogP contribution in [-0.2, 0) is 0 Å². The summed E-state index contributed by atoms with van der Waals surface area (Å²) in [6, 6.07) is 0.217. The predicted octanol–water partition coefficient (Wildman–Crippen LogP) is 2.71. The number of hydrogen-bond acceptors (Lipinski definition) is 4. The third kappa shape index (κ3) is 2.23. The molecule has 1 aromatic heterocycles. The molecule has 0 aromatic carbocycles. The Morgan fingerprint density at radius 1 is 1.00 bits per heavy atom. The van der Waals surface area contributed by atoms with Crippen LogP contribution in [0.1, 0.15) is 74.9 Å². The van der Waals surface area contributed by atoms with E-state index in [1.807, 2.05) is 0 Å². The number of rotatable bonds is 2. The number of hydrogen-bond donors (Lipinski definition) is 1. The minimum absolute atomic E-state index is 0.217. The molecule has 2 atom stereocenters. The van der Waals surface area contributed by atoms with E-state index in [1.54, 1.807) is 0 Å². The second-order valence-electron chi connectivity index (χ2n) is 5.53. The molecule has 4 heteroatoms. The van der Waals surface area contributed by atoms with E-state index in [0.717, 1.165) is 24.6 Å². The minimum Gasteiger partial charge on any atom is -0.339 e. The van der Waals surface area contributed by atoms with Gasteiger partial charge in [-0.3, -0.25) is 0 Å². The summed E-state index contributed by atoms with van der Waals surface area (Å²) in [7, 11) is 0. The molecule has 0 spiro atoms. The van der Waals surface area contributed by atoms with E-state index < -0.39 is 0 Å². The number of aromatic nitrogens is 2. The molecule has 1 aromatic rings. The second-order valence-corrected chi connectivity index (χ2v) is 5.53. The fraction of sp³-hybridized carbons (Fsp3) is 0.846. The van der Waals surface area contributed by atoms with E-state index in [9.17, 15) is 0 Å². The number of nitrogens with zero attached hydrogens (tertiary/aromatic N) is 2. The summed E-state index contributed by atoms with van der Waals surface area (Å²) in [6.45, 7) is 0. The van der Waals surface area contributed by atoms with Crippen LogP contribution in [0.4, 0.5) is 0 Å². The van der Waals surface area contributed by atoms with Crippen LogP contribution in [0.2, 0.25) is 0 Å². The van der Waals surface area contributed by atoms with Gasteiger partial charge in [-0.2, -0.15) is 4.98 Å². The van der Waals surface area contributed by atoms with Gasteiger partial charge < -0.3 is 10.3 Å². The van der Waals surface area contributed by atoms with Gasteiger partial charge in [-0.05, 0) is 25.7 Å². The Hall–Kier alpha value is -0.900. The highest BCUT2D eigenvalue weighted by Crippen LogP contribution is 2.35. The van der Waals surface area contributed by atoms with Crippen molar-refractivity contribution in [3.63, 3.8) is 0 Å². The molecule has 4 nitrogen and oxygen atoms in total. The maximum absolute atomic E-state index is 6.07. The van der Waals surface area contributed by atoms with Gasteiger partial charge in [0.25, 0.3) is 0 Å². The van der Waals surface area contributed by atoms with Gasteiger partial charge in [-0.15, -0.1) is 0 Å². The van der Waals surface area contributed by atoms with Crippen molar-refractivity contribution in [3.8, 4) is 0 Å². The van der Waals surface area contributed by atoms with E-state index in [0.29, 0.717) is 11.8 Å². The maximum atomic E-state index is 6.07. The molecule has 2 saturated carbocycles. The molecule has 2 fully saturated rings. The highest BCUT2D eigenvalue weighted by Gasteiger charge is 2.31. The minimum atomic E-state index is 0.217. The molecule has 94 valence electrons. The zero-order valence-electron chi connectivity index (χ0n) is 10.3. The molecule has 0 radical (unpaired) electrons. The first kappa shape index (κ1) is 11.2. The first-order valence-electron chi connectivity index (χ1n) is 6.93. The summed E-state index contributed by atoms with van der Waals surface area (Å²) in [6.07, 6.45) is 9.78. The van der Waals surface area contributed by atoms with Gasteiger partial charge in [0.15, 0.2) is 5.82 Å². The van der Waals surface area contributed by atoms with Gasteiger partial charge in [0.2, 0.25) is 5.89 Å². The van der Waals surface area contributed by atoms with Gasteiger partial charge in [-0.25, -0.2) is 0 Å². The third-order valence-corrected chi connectivity index (χ3v) is 4.31. The quantitative estimate of drug-likeness (QED) is 0.856. The van der Waals surface area contributed by atoms with Crippen molar-refractivity contribution >= 4 is 0 Å². The van der Waals surface area contributed by atoms with Crippen LogP contribution in [0, 0.1) is 0 Å². The molecule has 0 bridgehead atoms. The Kier molecular flexibility index (Phi) is 3.14. The van der Waals surface area contributed by atoms with Crippen LogP contribution in [0.15, 0.2) is 4.52 Å². The normalized spacial score (nSPS) is 30.9. The molecule has 17 heavy (non-hydrogen) atoms. The lowest BCUT2D eigenvalue weighted by Crippen LogP contribution is -2.23. The van der Waals surface area contributed by atoms with E-state index in [1.165, 1.54) is 38.5 Å². The molecule has 0 aliphatic heterocycles. The molecule has 2 aliphatic rings. The Labute approximate surface area is 102 Å². The zero-order valence-corrected chi connectivity index (χ0v) is 10.3. The van der Waals surface area contributed by atoms with E-state index in [2.05, 4.69) is 10.1 Å². The van der Waals surface area contributed by atoms with Crippen molar-refractivity contribution in [2.24, 2.45) is 5.73 Å². The maximum Gasteiger partial charge on any atom is 0.231 e. The number of nitrogens with two attached hydrogens (primary N) is 1. The van der Waals surface area contributed by atoms with E-state index in [4.69, 9.17) is 10.3 Å². The van der Waals surface area contributed by atoms with E-state index in [-0.39, 0.29) is 6.04 Å². The van der Waals surface area contributed by atoms with Gasteiger partial charge >= 0.3 is 0 Å². The van der Waals surface area contributed by atoms with Crippen molar-refractivity contribution in [2.45, 2.75) is 69.2 Å². The SMILES string of the molecule is NC1CCCC1c1nc(C2CCCCC2)no1. The Bertz CT molecular complexity index is 370. The monoisotopic (exact) mass is 235 g/mol. The van der Waals surface area contributed by atoms with Crippen molar-refractivity contribution in [1.29, 1.82) is 0 Å². The summed E-state index contributed by atoms with van der Waals surface area (Å²) in [4.78, 5) is 4.61. The third-order valence-electron chi connectivity index (χ3n) is 4.31. The average Bonchev–Trinajstić information content (AvgIpc) is 2.98. The fourth-order valence-corrected chi connectivity index (χ4v) is 3.22.